The maximum Gasteiger partial charge on any atom is 0.345 e. The summed E-state index contributed by atoms with van der Waals surface area (Å²) in [6, 6.07) is 0.325. The molecule has 1 aliphatic heterocycles. The van der Waals surface area contributed by atoms with E-state index in [9.17, 15) is 4.79 Å². The van der Waals surface area contributed by atoms with Gasteiger partial charge in [-0.05, 0) is 12.8 Å². The van der Waals surface area contributed by atoms with Crippen molar-refractivity contribution in [3.63, 3.8) is 0 Å². The zero-order valence-electron chi connectivity index (χ0n) is 4.85. The van der Waals surface area contributed by atoms with E-state index >= 15 is 0 Å². The van der Waals surface area contributed by atoms with Gasteiger partial charge in [0.1, 0.15) is 0 Å². The molecule has 2 rings (SSSR count). The third kappa shape index (κ3) is 0.839. The van der Waals surface area contributed by atoms with Crippen molar-refractivity contribution in [1.82, 2.24) is 21.5 Å². The number of amides is 2. The van der Waals surface area contributed by atoms with E-state index in [1.54, 1.807) is 5.12 Å². The van der Waals surface area contributed by atoms with Crippen LogP contribution in [0.25, 0.3) is 0 Å². The minimum absolute atomic E-state index is 0.179. The molecular formula is C4H8N4O. The molecule has 0 aromatic heterocycles. The molecule has 1 aliphatic carbocycles. The first-order chi connectivity index (χ1) is 4.36. The maximum absolute atomic E-state index is 10.5. The molecular weight excluding hydrogens is 120 g/mol. The third-order valence-electron chi connectivity index (χ3n) is 1.42. The topological polar surface area (TPSA) is 56.4 Å². The molecule has 1 saturated carbocycles. The minimum atomic E-state index is -0.179. The largest absolute Gasteiger partial charge is 0.345 e. The highest BCUT2D eigenvalue weighted by Gasteiger charge is 2.33. The van der Waals surface area contributed by atoms with Crippen LogP contribution in [-0.4, -0.2) is 17.2 Å². The van der Waals surface area contributed by atoms with Crippen molar-refractivity contribution >= 4 is 6.03 Å². The molecule has 5 nitrogen and oxygen atoms in total. The molecule has 0 aromatic carbocycles. The highest BCUT2D eigenvalue weighted by Crippen LogP contribution is 2.23. The Morgan fingerprint density at radius 2 is 2.33 bits per heavy atom. The first-order valence-corrected chi connectivity index (χ1v) is 2.98. The van der Waals surface area contributed by atoms with Crippen LogP contribution in [0.4, 0.5) is 4.79 Å². The Balaban J connectivity index is 1.92. The molecule has 1 saturated heterocycles. The summed E-state index contributed by atoms with van der Waals surface area (Å²) >= 11 is 0. The molecule has 5 heteroatoms. The summed E-state index contributed by atoms with van der Waals surface area (Å²) in [6.45, 7) is 0. The average molecular weight is 128 g/mol. The lowest BCUT2D eigenvalue weighted by Gasteiger charge is -2.09. The van der Waals surface area contributed by atoms with Crippen LogP contribution in [0.3, 0.4) is 0 Å². The second-order valence-corrected chi connectivity index (χ2v) is 2.28. The van der Waals surface area contributed by atoms with E-state index in [0.717, 1.165) is 12.8 Å². The van der Waals surface area contributed by atoms with Crippen LogP contribution in [0.5, 0.6) is 0 Å². The maximum atomic E-state index is 10.5. The van der Waals surface area contributed by atoms with Gasteiger partial charge in [-0.25, -0.2) is 4.79 Å². The van der Waals surface area contributed by atoms with Crippen LogP contribution in [0.15, 0.2) is 0 Å². The van der Waals surface area contributed by atoms with E-state index in [0.29, 0.717) is 6.04 Å². The standard InChI is InChI=1S/C4H8N4O/c9-4-5-7-8(6-4)3-1-2-3/h3,7H,1-2H2,(H2,5,6,9). The van der Waals surface area contributed by atoms with Gasteiger partial charge in [0.2, 0.25) is 0 Å². The van der Waals surface area contributed by atoms with Gasteiger partial charge < -0.3 is 0 Å². The van der Waals surface area contributed by atoms with Crippen LogP contribution in [0.1, 0.15) is 12.8 Å². The lowest BCUT2D eigenvalue weighted by atomic mass is 10.7. The van der Waals surface area contributed by atoms with Gasteiger partial charge in [-0.1, -0.05) is 0 Å². The molecule has 50 valence electrons. The lowest BCUT2D eigenvalue weighted by Crippen LogP contribution is -2.41. The molecule has 2 fully saturated rings. The Labute approximate surface area is 52.3 Å². The molecule has 0 bridgehead atoms. The first kappa shape index (κ1) is 5.01. The monoisotopic (exact) mass is 128 g/mol. The molecule has 0 unspecified atom stereocenters. The second kappa shape index (κ2) is 1.58. The number of hydrogen-bond donors (Lipinski definition) is 3. The van der Waals surface area contributed by atoms with Gasteiger partial charge in [0.25, 0.3) is 0 Å². The molecule has 0 radical (unpaired) electrons. The third-order valence-corrected chi connectivity index (χ3v) is 1.42. The van der Waals surface area contributed by atoms with E-state index < -0.39 is 0 Å². The Hall–Kier alpha value is -0.810. The normalized spacial score (nSPS) is 27.8. The van der Waals surface area contributed by atoms with Gasteiger partial charge in [0, 0.05) is 6.04 Å². The minimum Gasteiger partial charge on any atom is -0.257 e. The number of hydrazine groups is 3. The first-order valence-electron chi connectivity index (χ1n) is 2.98. The summed E-state index contributed by atoms with van der Waals surface area (Å²) in [5.74, 6) is 0. The van der Waals surface area contributed by atoms with Crippen LogP contribution in [0, 0.1) is 0 Å². The summed E-state index contributed by atoms with van der Waals surface area (Å²) in [6.07, 6.45) is 2.32. The quantitative estimate of drug-likeness (QED) is 0.429. The van der Waals surface area contributed by atoms with Crippen molar-refractivity contribution < 1.29 is 4.79 Å². The zero-order chi connectivity index (χ0) is 6.27. The van der Waals surface area contributed by atoms with Crippen molar-refractivity contribution in [2.45, 2.75) is 18.9 Å². The smallest absolute Gasteiger partial charge is 0.257 e. The predicted molar refractivity (Wildman–Crippen MR) is 29.7 cm³/mol. The molecule has 1 heterocycles. The zero-order valence-corrected chi connectivity index (χ0v) is 4.85. The SMILES string of the molecule is O=C1NNN(C2CC2)N1. The summed E-state index contributed by atoms with van der Waals surface area (Å²) < 4.78 is 0. The van der Waals surface area contributed by atoms with Crippen molar-refractivity contribution in [2.75, 3.05) is 0 Å². The van der Waals surface area contributed by atoms with Crippen LogP contribution in [0.2, 0.25) is 0 Å². The van der Waals surface area contributed by atoms with E-state index in [1.807, 2.05) is 0 Å². The number of carbonyl (C=O) groups excluding carboxylic acids is 1. The van der Waals surface area contributed by atoms with Crippen molar-refractivity contribution in [1.29, 1.82) is 0 Å². The van der Waals surface area contributed by atoms with Gasteiger partial charge in [-0.15, -0.1) is 10.7 Å². The molecule has 0 atom stereocenters. The fourth-order valence-electron chi connectivity index (χ4n) is 0.792. The van der Waals surface area contributed by atoms with Gasteiger partial charge in [0.05, 0.1) is 0 Å². The Bertz CT molecular complexity index is 144. The van der Waals surface area contributed by atoms with E-state index in [4.69, 9.17) is 0 Å². The van der Waals surface area contributed by atoms with Crippen LogP contribution >= 0.6 is 0 Å². The highest BCUT2D eigenvalue weighted by atomic mass is 16.2. The Morgan fingerprint density at radius 3 is 2.78 bits per heavy atom. The van der Waals surface area contributed by atoms with Gasteiger partial charge in [-0.2, -0.15) is 0 Å². The molecule has 9 heavy (non-hydrogen) atoms. The number of nitrogens with one attached hydrogen (secondary N) is 3. The Kier molecular flexibility index (Phi) is 0.882. The van der Waals surface area contributed by atoms with E-state index in [1.165, 1.54) is 0 Å². The van der Waals surface area contributed by atoms with Crippen molar-refractivity contribution in [2.24, 2.45) is 0 Å². The van der Waals surface area contributed by atoms with E-state index in [2.05, 4.69) is 16.4 Å². The molecule has 0 spiro atoms. The number of hydrogen-bond acceptors (Lipinski definition) is 3. The fraction of sp³-hybridized carbons (Fsp3) is 0.750. The number of carbonyl (C=O) groups is 1. The fourth-order valence-corrected chi connectivity index (χ4v) is 0.792. The second-order valence-electron chi connectivity index (χ2n) is 2.28. The van der Waals surface area contributed by atoms with Crippen molar-refractivity contribution in [3.8, 4) is 0 Å². The van der Waals surface area contributed by atoms with Crippen molar-refractivity contribution in [3.05, 3.63) is 0 Å². The summed E-state index contributed by atoms with van der Waals surface area (Å²) in [4.78, 5) is 10.5. The highest BCUT2D eigenvalue weighted by molar-refractivity contribution is 5.73. The molecule has 2 amide bonds. The summed E-state index contributed by atoms with van der Waals surface area (Å²) in [5.41, 5.74) is 7.70. The van der Waals surface area contributed by atoms with Gasteiger partial charge >= 0.3 is 6.03 Å². The number of rotatable bonds is 1. The van der Waals surface area contributed by atoms with Gasteiger partial charge in [-0.3, -0.25) is 10.9 Å². The molecule has 2 aliphatic rings. The van der Waals surface area contributed by atoms with E-state index in [-0.39, 0.29) is 6.03 Å². The summed E-state index contributed by atoms with van der Waals surface area (Å²) in [7, 11) is 0. The van der Waals surface area contributed by atoms with Gasteiger partial charge in [0.15, 0.2) is 0 Å². The molecule has 0 aromatic rings. The number of urea groups is 1. The summed E-state index contributed by atoms with van der Waals surface area (Å²) in [5, 5.41) is 1.70. The lowest BCUT2D eigenvalue weighted by molar-refractivity contribution is 0.159. The molecule has 3 N–H and O–H groups in total. The van der Waals surface area contributed by atoms with Crippen LogP contribution in [-0.2, 0) is 0 Å². The predicted octanol–water partition coefficient (Wildman–Crippen LogP) is -0.902. The Morgan fingerprint density at radius 1 is 1.56 bits per heavy atom. The van der Waals surface area contributed by atoms with Crippen LogP contribution < -0.4 is 16.4 Å². The average Bonchev–Trinajstić information content (AvgIpc) is 2.58. The number of nitrogens with zero attached hydrogens (tertiary/aromatic N) is 1.